The lowest BCUT2D eigenvalue weighted by molar-refractivity contribution is 0.602. The van der Waals surface area contributed by atoms with Crippen molar-refractivity contribution in [2.75, 3.05) is 6.54 Å². The first-order valence-electron chi connectivity index (χ1n) is 4.60. The summed E-state index contributed by atoms with van der Waals surface area (Å²) in [5, 5.41) is 4.59. The third-order valence-electron chi connectivity index (χ3n) is 2.57. The van der Waals surface area contributed by atoms with Crippen LogP contribution in [0.5, 0.6) is 0 Å². The second-order valence-corrected chi connectivity index (χ2v) is 3.38. The van der Waals surface area contributed by atoms with Gasteiger partial charge in [-0.2, -0.15) is 0 Å². The monoisotopic (exact) mass is 171 g/mol. The molecule has 0 bridgehead atoms. The van der Waals surface area contributed by atoms with E-state index in [1.807, 2.05) is 0 Å². The van der Waals surface area contributed by atoms with Gasteiger partial charge in [0, 0.05) is 24.3 Å². The number of nitrogens with one attached hydrogen (secondary N) is 1. The van der Waals surface area contributed by atoms with E-state index < -0.39 is 0 Å². The first kappa shape index (κ1) is 7.15. The summed E-state index contributed by atoms with van der Waals surface area (Å²) in [6.45, 7) is 4.19. The van der Waals surface area contributed by atoms with Crippen LogP contribution in [0.2, 0.25) is 0 Å². The van der Waals surface area contributed by atoms with Gasteiger partial charge in [0.05, 0.1) is 6.54 Å². The largest absolute Gasteiger partial charge is 0.342 e. The number of nitrogens with zero attached hydrogens (tertiary/aromatic N) is 1. The molecule has 1 aromatic carbocycles. The van der Waals surface area contributed by atoms with E-state index in [1.54, 1.807) is 0 Å². The molecule has 2 heterocycles. The second-order valence-electron chi connectivity index (χ2n) is 3.38. The minimum atomic E-state index is 1.03. The summed E-state index contributed by atoms with van der Waals surface area (Å²) < 4.78 is 2.35. The van der Waals surface area contributed by atoms with Crippen LogP contribution in [0, 0.1) is 6.54 Å². The molecule has 0 aliphatic carbocycles. The number of aromatic nitrogens is 1. The average Bonchev–Trinajstić information content (AvgIpc) is 2.56. The molecule has 65 valence electrons. The fourth-order valence-corrected chi connectivity index (χ4v) is 1.95. The molecule has 3 rings (SSSR count). The lowest BCUT2D eigenvalue weighted by atomic mass is 10.2. The molecular weight excluding hydrogens is 160 g/mol. The summed E-state index contributed by atoms with van der Waals surface area (Å²) in [6.07, 6.45) is 0. The van der Waals surface area contributed by atoms with Crippen LogP contribution in [0.25, 0.3) is 10.9 Å². The van der Waals surface area contributed by atoms with Gasteiger partial charge in [-0.3, -0.25) is 0 Å². The van der Waals surface area contributed by atoms with Gasteiger partial charge in [-0.05, 0) is 17.5 Å². The fraction of sp³-hybridized carbons (Fsp3) is 0.182. The molecule has 0 saturated heterocycles. The van der Waals surface area contributed by atoms with Crippen molar-refractivity contribution in [3.05, 3.63) is 42.6 Å². The Kier molecular flexibility index (Phi) is 1.43. The quantitative estimate of drug-likeness (QED) is 0.639. The van der Waals surface area contributed by atoms with E-state index in [2.05, 4.69) is 46.8 Å². The molecule has 1 aliphatic heterocycles. The third-order valence-corrected chi connectivity index (χ3v) is 2.57. The Bertz CT molecular complexity index is 442. The van der Waals surface area contributed by atoms with Crippen molar-refractivity contribution in [3.8, 4) is 0 Å². The number of rotatable bonds is 0. The summed E-state index contributed by atoms with van der Waals surface area (Å²) in [4.78, 5) is 0. The molecule has 2 aromatic rings. The van der Waals surface area contributed by atoms with Gasteiger partial charge in [-0.1, -0.05) is 18.2 Å². The summed E-state index contributed by atoms with van der Waals surface area (Å²) in [5.74, 6) is 0. The smallest absolute Gasteiger partial charge is 0.0688 e. The van der Waals surface area contributed by atoms with Crippen molar-refractivity contribution >= 4 is 10.9 Å². The van der Waals surface area contributed by atoms with Crippen molar-refractivity contribution < 1.29 is 0 Å². The van der Waals surface area contributed by atoms with Gasteiger partial charge in [-0.15, -0.1) is 0 Å². The van der Waals surface area contributed by atoms with Gasteiger partial charge in [0.1, 0.15) is 0 Å². The molecule has 0 saturated carbocycles. The topological polar surface area (TPSA) is 17.0 Å². The standard InChI is InChI=1S/C11H11N2/c1-2-4-11-9(3-1)7-10-8-12-5-6-13(10)11/h1-4,7-8,12H,5-6H2. The Morgan fingerprint density at radius 1 is 1.23 bits per heavy atom. The van der Waals surface area contributed by atoms with E-state index in [-0.39, 0.29) is 0 Å². The van der Waals surface area contributed by atoms with Gasteiger partial charge < -0.3 is 9.88 Å². The van der Waals surface area contributed by atoms with Gasteiger partial charge in [0.25, 0.3) is 0 Å². The van der Waals surface area contributed by atoms with Crippen LogP contribution >= 0.6 is 0 Å². The zero-order chi connectivity index (χ0) is 8.67. The number of para-hydroxylation sites is 1. The summed E-state index contributed by atoms with van der Waals surface area (Å²) >= 11 is 0. The Hall–Kier alpha value is -1.28. The van der Waals surface area contributed by atoms with E-state index in [0.717, 1.165) is 13.1 Å². The molecule has 2 heteroatoms. The molecule has 1 aromatic heterocycles. The van der Waals surface area contributed by atoms with Gasteiger partial charge in [0.2, 0.25) is 0 Å². The number of hydrogen-bond donors (Lipinski definition) is 1. The predicted octanol–water partition coefficient (Wildman–Crippen LogP) is 1.75. The normalized spacial score (nSPS) is 16.0. The average molecular weight is 171 g/mol. The maximum Gasteiger partial charge on any atom is 0.0688 e. The fourth-order valence-electron chi connectivity index (χ4n) is 1.95. The summed E-state index contributed by atoms with van der Waals surface area (Å²) in [7, 11) is 0. The lowest BCUT2D eigenvalue weighted by Crippen LogP contribution is -2.25. The van der Waals surface area contributed by atoms with Crippen LogP contribution in [0.15, 0.2) is 30.3 Å². The van der Waals surface area contributed by atoms with Crippen molar-refractivity contribution in [2.24, 2.45) is 0 Å². The van der Waals surface area contributed by atoms with Crippen molar-refractivity contribution in [3.63, 3.8) is 0 Å². The van der Waals surface area contributed by atoms with E-state index in [1.165, 1.54) is 16.6 Å². The van der Waals surface area contributed by atoms with E-state index in [9.17, 15) is 0 Å². The molecule has 2 nitrogen and oxygen atoms in total. The Morgan fingerprint density at radius 2 is 2.15 bits per heavy atom. The Labute approximate surface area is 77.2 Å². The Morgan fingerprint density at radius 3 is 3.15 bits per heavy atom. The molecule has 13 heavy (non-hydrogen) atoms. The van der Waals surface area contributed by atoms with Gasteiger partial charge in [0.15, 0.2) is 0 Å². The highest BCUT2D eigenvalue weighted by Crippen LogP contribution is 2.21. The molecule has 1 radical (unpaired) electrons. The molecule has 1 N–H and O–H groups in total. The number of hydrogen-bond acceptors (Lipinski definition) is 1. The van der Waals surface area contributed by atoms with Crippen LogP contribution in [-0.2, 0) is 6.54 Å². The molecule has 0 atom stereocenters. The summed E-state index contributed by atoms with van der Waals surface area (Å²) in [6, 6.07) is 10.7. The predicted molar refractivity (Wildman–Crippen MR) is 53.3 cm³/mol. The minimum absolute atomic E-state index is 1.03. The van der Waals surface area contributed by atoms with E-state index in [4.69, 9.17) is 0 Å². The lowest BCUT2D eigenvalue weighted by Gasteiger charge is -2.16. The molecular formula is C11H11N2. The molecule has 0 unspecified atom stereocenters. The van der Waals surface area contributed by atoms with Crippen molar-refractivity contribution in [2.45, 2.75) is 6.54 Å². The van der Waals surface area contributed by atoms with Crippen LogP contribution in [0.4, 0.5) is 0 Å². The third kappa shape index (κ3) is 0.988. The number of benzene rings is 1. The van der Waals surface area contributed by atoms with Crippen LogP contribution in [-0.4, -0.2) is 11.1 Å². The highest BCUT2D eigenvalue weighted by Gasteiger charge is 2.11. The Balaban J connectivity index is 2.34. The molecule has 0 amide bonds. The first-order chi connectivity index (χ1) is 6.45. The maximum absolute atomic E-state index is 3.26. The van der Waals surface area contributed by atoms with Crippen molar-refractivity contribution in [1.29, 1.82) is 0 Å². The summed E-state index contributed by atoms with van der Waals surface area (Å²) in [5.41, 5.74) is 2.63. The van der Waals surface area contributed by atoms with Crippen LogP contribution in [0.3, 0.4) is 0 Å². The van der Waals surface area contributed by atoms with Gasteiger partial charge in [-0.25, -0.2) is 0 Å². The zero-order valence-electron chi connectivity index (χ0n) is 7.33. The molecule has 0 fully saturated rings. The van der Waals surface area contributed by atoms with E-state index >= 15 is 0 Å². The van der Waals surface area contributed by atoms with Crippen LogP contribution in [0.1, 0.15) is 5.69 Å². The number of fused-ring (bicyclic) bond motifs is 3. The molecule has 1 aliphatic rings. The zero-order valence-corrected chi connectivity index (χ0v) is 7.33. The highest BCUT2D eigenvalue weighted by atomic mass is 15.1. The first-order valence-corrected chi connectivity index (χ1v) is 4.60. The van der Waals surface area contributed by atoms with Crippen molar-refractivity contribution in [1.82, 2.24) is 9.88 Å². The molecule has 0 spiro atoms. The highest BCUT2D eigenvalue weighted by molar-refractivity contribution is 5.81. The van der Waals surface area contributed by atoms with Gasteiger partial charge >= 0.3 is 0 Å². The second kappa shape index (κ2) is 2.60. The van der Waals surface area contributed by atoms with Crippen LogP contribution < -0.4 is 5.32 Å². The van der Waals surface area contributed by atoms with E-state index in [0.29, 0.717) is 0 Å². The minimum Gasteiger partial charge on any atom is -0.342 e. The SMILES string of the molecule is [CH]1NCCn2c1cc1ccccc12. The maximum atomic E-state index is 3.26.